The maximum atomic E-state index is 11.2. The van der Waals surface area contributed by atoms with Gasteiger partial charge in [0.1, 0.15) is 0 Å². The molecule has 4 heteroatoms. The molecule has 2 rings (SSSR count). The number of hydrogen-bond acceptors (Lipinski definition) is 2. The van der Waals surface area contributed by atoms with Crippen LogP contribution in [-0.2, 0) is 4.79 Å². The highest BCUT2D eigenvalue weighted by molar-refractivity contribution is 5.90. The van der Waals surface area contributed by atoms with Crippen LogP contribution >= 0.6 is 0 Å². The van der Waals surface area contributed by atoms with Gasteiger partial charge in [-0.15, -0.1) is 0 Å². The van der Waals surface area contributed by atoms with E-state index >= 15 is 0 Å². The molecular formula is C13H15N3O. The fourth-order valence-corrected chi connectivity index (χ4v) is 1.62. The van der Waals surface area contributed by atoms with Crippen LogP contribution in [0.2, 0.25) is 0 Å². The van der Waals surface area contributed by atoms with Crippen molar-refractivity contribution in [1.29, 1.82) is 0 Å². The molecule has 0 unspecified atom stereocenters. The molecule has 0 saturated carbocycles. The van der Waals surface area contributed by atoms with E-state index in [-0.39, 0.29) is 5.91 Å². The quantitative estimate of drug-likeness (QED) is 0.791. The number of hydrogen-bond donors (Lipinski definition) is 0. The molecule has 1 aromatic carbocycles. The fraction of sp³-hybridized carbons (Fsp3) is 0.231. The third-order valence-corrected chi connectivity index (χ3v) is 2.79. The Bertz CT molecular complexity index is 545. The zero-order chi connectivity index (χ0) is 12.4. The van der Waals surface area contributed by atoms with E-state index in [4.69, 9.17) is 0 Å². The van der Waals surface area contributed by atoms with E-state index in [9.17, 15) is 4.79 Å². The smallest absolute Gasteiger partial charge is 0.223 e. The lowest BCUT2D eigenvalue weighted by atomic mass is 10.2. The van der Waals surface area contributed by atoms with E-state index in [2.05, 4.69) is 5.10 Å². The van der Waals surface area contributed by atoms with Crippen molar-refractivity contribution in [3.63, 3.8) is 0 Å². The Hall–Kier alpha value is -2.10. The maximum absolute atomic E-state index is 11.2. The second-order valence-corrected chi connectivity index (χ2v) is 4.01. The van der Waals surface area contributed by atoms with Crippen LogP contribution in [0.4, 0.5) is 5.69 Å². The Labute approximate surface area is 100 Å². The number of amides is 1. The molecule has 0 bridgehead atoms. The van der Waals surface area contributed by atoms with Gasteiger partial charge in [0.2, 0.25) is 5.91 Å². The van der Waals surface area contributed by atoms with Gasteiger partial charge in [0, 0.05) is 14.0 Å². The lowest BCUT2D eigenvalue weighted by Gasteiger charge is -2.11. The molecule has 4 nitrogen and oxygen atoms in total. The first-order valence-corrected chi connectivity index (χ1v) is 5.44. The van der Waals surface area contributed by atoms with E-state index in [1.807, 2.05) is 37.4 Å². The standard InChI is InChI=1S/C13H15N3O/c1-10-6-4-5-7-13(10)16-9-12(8-14-16)15(3)11(2)17/h4-9H,1-3H3. The van der Waals surface area contributed by atoms with Gasteiger partial charge in [-0.05, 0) is 18.6 Å². The zero-order valence-corrected chi connectivity index (χ0v) is 10.2. The minimum Gasteiger partial charge on any atom is -0.313 e. The highest BCUT2D eigenvalue weighted by Crippen LogP contribution is 2.17. The third-order valence-electron chi connectivity index (χ3n) is 2.79. The van der Waals surface area contributed by atoms with Crippen molar-refractivity contribution < 1.29 is 4.79 Å². The average Bonchev–Trinajstić information content (AvgIpc) is 2.77. The molecule has 1 amide bonds. The van der Waals surface area contributed by atoms with E-state index in [1.165, 1.54) is 6.92 Å². The molecule has 0 aliphatic heterocycles. The van der Waals surface area contributed by atoms with Gasteiger partial charge in [-0.25, -0.2) is 4.68 Å². The molecule has 0 atom stereocenters. The molecule has 2 aromatic rings. The number of benzene rings is 1. The third kappa shape index (κ3) is 2.20. The lowest BCUT2D eigenvalue weighted by Crippen LogP contribution is -2.22. The van der Waals surface area contributed by atoms with Gasteiger partial charge in [-0.2, -0.15) is 5.10 Å². The van der Waals surface area contributed by atoms with Crippen molar-refractivity contribution in [2.75, 3.05) is 11.9 Å². The molecule has 0 N–H and O–H groups in total. The van der Waals surface area contributed by atoms with Gasteiger partial charge in [-0.1, -0.05) is 18.2 Å². The fourth-order valence-electron chi connectivity index (χ4n) is 1.62. The molecule has 1 aromatic heterocycles. The van der Waals surface area contributed by atoms with Crippen LogP contribution in [0, 0.1) is 6.92 Å². The van der Waals surface area contributed by atoms with Crippen molar-refractivity contribution in [2.24, 2.45) is 0 Å². The highest BCUT2D eigenvalue weighted by Gasteiger charge is 2.09. The molecule has 1 heterocycles. The lowest BCUT2D eigenvalue weighted by molar-refractivity contribution is -0.116. The first-order valence-electron chi connectivity index (χ1n) is 5.44. The molecular weight excluding hydrogens is 214 g/mol. The summed E-state index contributed by atoms with van der Waals surface area (Å²) in [5, 5.41) is 4.27. The minimum absolute atomic E-state index is 0.00525. The van der Waals surface area contributed by atoms with E-state index < -0.39 is 0 Å². The van der Waals surface area contributed by atoms with E-state index in [0.717, 1.165) is 16.9 Å². The second kappa shape index (κ2) is 4.41. The van der Waals surface area contributed by atoms with Gasteiger partial charge in [0.15, 0.2) is 0 Å². The highest BCUT2D eigenvalue weighted by atomic mass is 16.2. The van der Waals surface area contributed by atoms with Crippen LogP contribution in [0.25, 0.3) is 5.69 Å². The Morgan fingerprint density at radius 2 is 2.06 bits per heavy atom. The van der Waals surface area contributed by atoms with E-state index in [0.29, 0.717) is 0 Å². The molecule has 0 saturated heterocycles. The number of anilines is 1. The maximum Gasteiger partial charge on any atom is 0.223 e. The summed E-state index contributed by atoms with van der Waals surface area (Å²) < 4.78 is 1.78. The largest absolute Gasteiger partial charge is 0.313 e. The van der Waals surface area contributed by atoms with Gasteiger partial charge in [-0.3, -0.25) is 4.79 Å². The Morgan fingerprint density at radius 1 is 1.35 bits per heavy atom. The summed E-state index contributed by atoms with van der Waals surface area (Å²) in [6.07, 6.45) is 3.54. The Kier molecular flexibility index (Phi) is 2.95. The Balaban J connectivity index is 2.37. The number of nitrogens with zero attached hydrogens (tertiary/aromatic N) is 3. The Morgan fingerprint density at radius 3 is 2.71 bits per heavy atom. The summed E-state index contributed by atoms with van der Waals surface area (Å²) in [5.41, 5.74) is 2.96. The number of aromatic nitrogens is 2. The molecule has 0 radical (unpaired) electrons. The van der Waals surface area contributed by atoms with Gasteiger partial charge >= 0.3 is 0 Å². The topological polar surface area (TPSA) is 38.1 Å². The molecule has 0 aliphatic rings. The van der Waals surface area contributed by atoms with Crippen LogP contribution in [0.1, 0.15) is 12.5 Å². The van der Waals surface area contributed by atoms with Crippen LogP contribution in [0.15, 0.2) is 36.7 Å². The summed E-state index contributed by atoms with van der Waals surface area (Å²) in [4.78, 5) is 12.8. The van der Waals surface area contributed by atoms with Crippen molar-refractivity contribution in [2.45, 2.75) is 13.8 Å². The summed E-state index contributed by atoms with van der Waals surface area (Å²) in [5.74, 6) is -0.00525. The van der Waals surface area contributed by atoms with Crippen molar-refractivity contribution in [1.82, 2.24) is 9.78 Å². The number of rotatable bonds is 2. The van der Waals surface area contributed by atoms with Gasteiger partial charge in [0.05, 0.1) is 23.8 Å². The SMILES string of the molecule is CC(=O)N(C)c1cnn(-c2ccccc2C)c1. The molecule has 0 spiro atoms. The number of carbonyl (C=O) groups is 1. The second-order valence-electron chi connectivity index (χ2n) is 4.01. The van der Waals surface area contributed by atoms with Crippen LogP contribution in [0.5, 0.6) is 0 Å². The summed E-state index contributed by atoms with van der Waals surface area (Å²) in [7, 11) is 1.74. The average molecular weight is 229 g/mol. The number of para-hydroxylation sites is 1. The summed E-state index contributed by atoms with van der Waals surface area (Å²) in [6, 6.07) is 7.99. The zero-order valence-electron chi connectivity index (χ0n) is 10.2. The predicted octanol–water partition coefficient (Wildman–Crippen LogP) is 2.16. The summed E-state index contributed by atoms with van der Waals surface area (Å²) >= 11 is 0. The monoisotopic (exact) mass is 229 g/mol. The molecule has 0 aliphatic carbocycles. The summed E-state index contributed by atoms with van der Waals surface area (Å²) in [6.45, 7) is 3.57. The number of aryl methyl sites for hydroxylation is 1. The molecule has 88 valence electrons. The van der Waals surface area contributed by atoms with Crippen LogP contribution < -0.4 is 4.90 Å². The normalized spacial score (nSPS) is 10.3. The van der Waals surface area contributed by atoms with Gasteiger partial charge < -0.3 is 4.90 Å². The van der Waals surface area contributed by atoms with Crippen LogP contribution in [0.3, 0.4) is 0 Å². The van der Waals surface area contributed by atoms with Crippen molar-refractivity contribution in [3.8, 4) is 5.69 Å². The number of carbonyl (C=O) groups excluding carboxylic acids is 1. The van der Waals surface area contributed by atoms with Crippen molar-refractivity contribution >= 4 is 11.6 Å². The first-order chi connectivity index (χ1) is 8.09. The van der Waals surface area contributed by atoms with Crippen LogP contribution in [-0.4, -0.2) is 22.7 Å². The minimum atomic E-state index is -0.00525. The molecule has 0 fully saturated rings. The predicted molar refractivity (Wildman–Crippen MR) is 67.4 cm³/mol. The first kappa shape index (κ1) is 11.4. The van der Waals surface area contributed by atoms with Crippen molar-refractivity contribution in [3.05, 3.63) is 42.2 Å². The van der Waals surface area contributed by atoms with Gasteiger partial charge in [0.25, 0.3) is 0 Å². The molecule has 17 heavy (non-hydrogen) atoms. The van der Waals surface area contributed by atoms with E-state index in [1.54, 1.807) is 22.8 Å².